The fourth-order valence-corrected chi connectivity index (χ4v) is 1.52. The van der Waals surface area contributed by atoms with Gasteiger partial charge >= 0.3 is 17.9 Å². The van der Waals surface area contributed by atoms with E-state index in [-0.39, 0.29) is 11.1 Å². The molecule has 0 N–H and O–H groups in total. The van der Waals surface area contributed by atoms with E-state index in [9.17, 15) is 14.4 Å². The molecule has 6 heteroatoms. The summed E-state index contributed by atoms with van der Waals surface area (Å²) >= 11 is 0. The third-order valence-electron chi connectivity index (χ3n) is 2.34. The van der Waals surface area contributed by atoms with Gasteiger partial charge in [-0.2, -0.15) is 0 Å². The molecule has 0 spiro atoms. The third kappa shape index (κ3) is 2.35. The zero-order chi connectivity index (χ0) is 13.0. The van der Waals surface area contributed by atoms with Crippen molar-refractivity contribution in [2.24, 2.45) is 5.92 Å². The Morgan fingerprint density at radius 2 is 1.29 bits per heavy atom. The maximum atomic E-state index is 11.6. The quantitative estimate of drug-likeness (QED) is 0.510. The van der Waals surface area contributed by atoms with Gasteiger partial charge in [-0.3, -0.25) is 4.79 Å². The van der Waals surface area contributed by atoms with E-state index in [1.165, 1.54) is 33.5 Å². The molecule has 0 aliphatic heterocycles. The van der Waals surface area contributed by atoms with Crippen LogP contribution in [0.3, 0.4) is 0 Å². The predicted molar refractivity (Wildman–Crippen MR) is 55.7 cm³/mol. The van der Waals surface area contributed by atoms with E-state index in [1.807, 2.05) is 0 Å². The first-order chi connectivity index (χ1) is 8.06. The van der Waals surface area contributed by atoms with Crippen molar-refractivity contribution < 1.29 is 28.6 Å². The summed E-state index contributed by atoms with van der Waals surface area (Å²) in [4.78, 5) is 34.4. The number of methoxy groups -OCH3 is 3. The normalized spacial score (nSPS) is 14.8. The highest BCUT2D eigenvalue weighted by Crippen LogP contribution is 2.29. The van der Waals surface area contributed by atoms with Crippen LogP contribution in [0.5, 0.6) is 0 Å². The van der Waals surface area contributed by atoms with Crippen molar-refractivity contribution in [1.82, 2.24) is 0 Å². The zero-order valence-electron chi connectivity index (χ0n) is 9.68. The molecule has 0 bridgehead atoms. The van der Waals surface area contributed by atoms with Gasteiger partial charge in [0.2, 0.25) is 0 Å². The van der Waals surface area contributed by atoms with Crippen LogP contribution in [0.15, 0.2) is 23.3 Å². The lowest BCUT2D eigenvalue weighted by atomic mass is 9.96. The third-order valence-corrected chi connectivity index (χ3v) is 2.34. The van der Waals surface area contributed by atoms with Crippen LogP contribution in [0.1, 0.15) is 0 Å². The molecule has 6 nitrogen and oxygen atoms in total. The standard InChI is InChI=1S/C11H12O6/c1-15-9(12)6-4-5-7(10(13)16-2)8(6)11(14)17-3/h4-5,8H,1-3H3. The van der Waals surface area contributed by atoms with Crippen LogP contribution in [-0.2, 0) is 28.6 Å². The monoisotopic (exact) mass is 240 g/mol. The van der Waals surface area contributed by atoms with Gasteiger partial charge in [0.05, 0.1) is 32.5 Å². The molecule has 0 unspecified atom stereocenters. The molecule has 0 saturated carbocycles. The highest BCUT2D eigenvalue weighted by molar-refractivity contribution is 6.06. The number of carbonyl (C=O) groups is 3. The van der Waals surface area contributed by atoms with Crippen molar-refractivity contribution >= 4 is 17.9 Å². The minimum Gasteiger partial charge on any atom is -0.468 e. The first kappa shape index (κ1) is 13.0. The van der Waals surface area contributed by atoms with Crippen molar-refractivity contribution in [3.63, 3.8) is 0 Å². The second-order valence-electron chi connectivity index (χ2n) is 3.18. The first-order valence-corrected chi connectivity index (χ1v) is 4.73. The van der Waals surface area contributed by atoms with Crippen molar-refractivity contribution in [2.75, 3.05) is 21.3 Å². The average Bonchev–Trinajstić information content (AvgIpc) is 2.80. The molecule has 92 valence electrons. The van der Waals surface area contributed by atoms with E-state index in [0.717, 1.165) is 0 Å². The number of esters is 3. The summed E-state index contributed by atoms with van der Waals surface area (Å²) in [7, 11) is 3.55. The van der Waals surface area contributed by atoms with Crippen molar-refractivity contribution in [3.05, 3.63) is 23.3 Å². The predicted octanol–water partition coefficient (Wildman–Crippen LogP) is -0.0120. The lowest BCUT2D eigenvalue weighted by Gasteiger charge is -2.14. The fraction of sp³-hybridized carbons (Fsp3) is 0.364. The SMILES string of the molecule is COC(=O)C1=CC=C(C(=O)OC)C1C(=O)OC. The van der Waals surface area contributed by atoms with Gasteiger partial charge in [-0.05, 0) is 12.2 Å². The fourth-order valence-electron chi connectivity index (χ4n) is 1.52. The summed E-state index contributed by atoms with van der Waals surface area (Å²) in [6.45, 7) is 0. The lowest BCUT2D eigenvalue weighted by Crippen LogP contribution is -2.26. The van der Waals surface area contributed by atoms with Gasteiger partial charge in [-0.1, -0.05) is 0 Å². The molecule has 0 radical (unpaired) electrons. The van der Waals surface area contributed by atoms with Crippen molar-refractivity contribution in [2.45, 2.75) is 0 Å². The van der Waals surface area contributed by atoms with Crippen LogP contribution in [0.25, 0.3) is 0 Å². The van der Waals surface area contributed by atoms with E-state index < -0.39 is 23.8 Å². The van der Waals surface area contributed by atoms with Crippen molar-refractivity contribution in [1.29, 1.82) is 0 Å². The lowest BCUT2D eigenvalue weighted by molar-refractivity contribution is -0.148. The largest absolute Gasteiger partial charge is 0.468 e. The Morgan fingerprint density at radius 3 is 1.59 bits per heavy atom. The highest BCUT2D eigenvalue weighted by atomic mass is 16.5. The van der Waals surface area contributed by atoms with E-state index in [0.29, 0.717) is 0 Å². The van der Waals surface area contributed by atoms with Gasteiger partial charge in [0.15, 0.2) is 0 Å². The summed E-state index contributed by atoms with van der Waals surface area (Å²) in [6.07, 6.45) is 2.69. The molecular weight excluding hydrogens is 228 g/mol. The van der Waals surface area contributed by atoms with Crippen LogP contribution >= 0.6 is 0 Å². The molecule has 0 fully saturated rings. The van der Waals surface area contributed by atoms with Gasteiger partial charge in [0.1, 0.15) is 5.92 Å². The number of rotatable bonds is 3. The summed E-state index contributed by atoms with van der Waals surface area (Å²) in [5.41, 5.74) is 0.111. The summed E-state index contributed by atoms with van der Waals surface area (Å²) in [5, 5.41) is 0. The van der Waals surface area contributed by atoms with Crippen LogP contribution < -0.4 is 0 Å². The van der Waals surface area contributed by atoms with Gasteiger partial charge in [0.25, 0.3) is 0 Å². The Kier molecular flexibility index (Phi) is 4.03. The Morgan fingerprint density at radius 1 is 0.882 bits per heavy atom. The smallest absolute Gasteiger partial charge is 0.334 e. The topological polar surface area (TPSA) is 78.9 Å². The first-order valence-electron chi connectivity index (χ1n) is 4.73. The van der Waals surface area contributed by atoms with E-state index in [2.05, 4.69) is 14.2 Å². The minimum absolute atomic E-state index is 0.0553. The van der Waals surface area contributed by atoms with E-state index in [1.54, 1.807) is 0 Å². The van der Waals surface area contributed by atoms with Crippen molar-refractivity contribution in [3.8, 4) is 0 Å². The summed E-state index contributed by atoms with van der Waals surface area (Å²) < 4.78 is 13.6. The number of ether oxygens (including phenoxy) is 3. The molecule has 0 heterocycles. The number of hydrogen-bond donors (Lipinski definition) is 0. The van der Waals surface area contributed by atoms with Crippen LogP contribution in [-0.4, -0.2) is 39.2 Å². The molecular formula is C11H12O6. The molecule has 0 amide bonds. The molecule has 1 rings (SSSR count). The van der Waals surface area contributed by atoms with Gasteiger partial charge < -0.3 is 14.2 Å². The van der Waals surface area contributed by atoms with Crippen LogP contribution in [0.4, 0.5) is 0 Å². The van der Waals surface area contributed by atoms with E-state index in [4.69, 9.17) is 0 Å². The molecule has 1 aliphatic rings. The Hall–Kier alpha value is -2.11. The Balaban J connectivity index is 3.05. The maximum Gasteiger partial charge on any atom is 0.334 e. The molecule has 1 aliphatic carbocycles. The number of hydrogen-bond acceptors (Lipinski definition) is 6. The van der Waals surface area contributed by atoms with Crippen LogP contribution in [0, 0.1) is 5.92 Å². The molecule has 0 aromatic heterocycles. The Labute approximate surface area is 97.8 Å². The van der Waals surface area contributed by atoms with Crippen LogP contribution in [0.2, 0.25) is 0 Å². The molecule has 0 aromatic carbocycles. The molecule has 17 heavy (non-hydrogen) atoms. The molecule has 0 saturated heterocycles. The number of carbonyl (C=O) groups excluding carboxylic acids is 3. The average molecular weight is 240 g/mol. The number of allylic oxidation sites excluding steroid dienone is 2. The summed E-state index contributed by atoms with van der Waals surface area (Å²) in [6, 6.07) is 0. The van der Waals surface area contributed by atoms with Gasteiger partial charge in [-0.15, -0.1) is 0 Å². The van der Waals surface area contributed by atoms with Gasteiger partial charge in [0, 0.05) is 0 Å². The molecule has 0 atom stereocenters. The summed E-state index contributed by atoms with van der Waals surface area (Å²) in [5.74, 6) is -3.16. The highest BCUT2D eigenvalue weighted by Gasteiger charge is 2.39. The second-order valence-corrected chi connectivity index (χ2v) is 3.18. The second kappa shape index (κ2) is 5.29. The van der Waals surface area contributed by atoms with Gasteiger partial charge in [-0.25, -0.2) is 9.59 Å². The zero-order valence-corrected chi connectivity index (χ0v) is 9.68. The van der Waals surface area contributed by atoms with E-state index >= 15 is 0 Å². The minimum atomic E-state index is -1.08. The molecule has 0 aromatic rings. The Bertz CT molecular complexity index is 386. The maximum absolute atomic E-state index is 11.6.